The van der Waals surface area contributed by atoms with E-state index in [1.54, 1.807) is 42.5 Å². The van der Waals surface area contributed by atoms with E-state index in [0.29, 0.717) is 17.3 Å². The van der Waals surface area contributed by atoms with Gasteiger partial charge in [0.2, 0.25) is 5.91 Å². The van der Waals surface area contributed by atoms with Gasteiger partial charge in [0.15, 0.2) is 0 Å². The van der Waals surface area contributed by atoms with E-state index in [-0.39, 0.29) is 17.3 Å². The largest absolute Gasteiger partial charge is 0.354 e. The van der Waals surface area contributed by atoms with Gasteiger partial charge >= 0.3 is 0 Å². The number of piperidine rings is 1. The van der Waals surface area contributed by atoms with Crippen LogP contribution in [-0.4, -0.2) is 51.9 Å². The van der Waals surface area contributed by atoms with Crippen LogP contribution in [0.5, 0.6) is 0 Å². The summed E-state index contributed by atoms with van der Waals surface area (Å²) in [4.78, 5) is 15.1. The first-order valence-corrected chi connectivity index (χ1v) is 12.1. The lowest BCUT2D eigenvalue weighted by molar-refractivity contribution is -0.119. The fraction of sp³-hybridized carbons (Fsp3) is 0.409. The summed E-state index contributed by atoms with van der Waals surface area (Å²) in [6.45, 7) is 3.39. The van der Waals surface area contributed by atoms with E-state index in [1.165, 1.54) is 31.4 Å². The highest BCUT2D eigenvalue weighted by atomic mass is 35.5. The first-order chi connectivity index (χ1) is 14.5. The number of carbonyl (C=O) groups is 1. The van der Waals surface area contributed by atoms with Crippen molar-refractivity contribution < 1.29 is 13.2 Å². The summed E-state index contributed by atoms with van der Waals surface area (Å²) in [5.41, 5.74) is 0.356. The molecule has 0 unspecified atom stereocenters. The molecule has 0 atom stereocenters. The van der Waals surface area contributed by atoms with Crippen LogP contribution in [0, 0.1) is 0 Å². The molecule has 1 fully saturated rings. The second-order valence-corrected chi connectivity index (χ2v) is 9.71. The average molecular weight is 450 g/mol. The Labute approximate surface area is 183 Å². The first-order valence-electron chi connectivity index (χ1n) is 10.3. The van der Waals surface area contributed by atoms with E-state index >= 15 is 0 Å². The summed E-state index contributed by atoms with van der Waals surface area (Å²) in [6.07, 6.45) is 4.60. The van der Waals surface area contributed by atoms with Gasteiger partial charge in [0.1, 0.15) is 6.54 Å². The molecule has 1 saturated heterocycles. The predicted molar refractivity (Wildman–Crippen MR) is 120 cm³/mol. The minimum Gasteiger partial charge on any atom is -0.354 e. The molecule has 3 rings (SSSR count). The zero-order valence-electron chi connectivity index (χ0n) is 17.0. The number of hydrogen-bond donors (Lipinski definition) is 1. The molecule has 0 radical (unpaired) electrons. The molecule has 0 spiro atoms. The number of nitrogens with one attached hydrogen (secondary N) is 1. The summed E-state index contributed by atoms with van der Waals surface area (Å²) in [7, 11) is -3.91. The minimum atomic E-state index is -3.91. The highest BCUT2D eigenvalue weighted by Crippen LogP contribution is 2.25. The van der Waals surface area contributed by atoms with Crippen LogP contribution in [-0.2, 0) is 14.8 Å². The highest BCUT2D eigenvalue weighted by Gasteiger charge is 2.27. The minimum absolute atomic E-state index is 0.128. The second kappa shape index (κ2) is 10.8. The van der Waals surface area contributed by atoms with Crippen molar-refractivity contribution >= 4 is 33.2 Å². The van der Waals surface area contributed by atoms with Gasteiger partial charge < -0.3 is 10.2 Å². The smallest absolute Gasteiger partial charge is 0.264 e. The van der Waals surface area contributed by atoms with Crippen LogP contribution in [0.3, 0.4) is 0 Å². The third-order valence-electron chi connectivity index (χ3n) is 5.14. The SMILES string of the molecule is O=C(CN(c1cccc(Cl)c1)S(=O)(=O)c1ccccc1)NCCCN1CCCCC1. The fourth-order valence-electron chi connectivity index (χ4n) is 3.57. The van der Waals surface area contributed by atoms with E-state index in [1.807, 2.05) is 0 Å². The van der Waals surface area contributed by atoms with E-state index < -0.39 is 10.0 Å². The van der Waals surface area contributed by atoms with Gasteiger partial charge in [-0.05, 0) is 69.2 Å². The Bertz CT molecular complexity index is 932. The topological polar surface area (TPSA) is 69.7 Å². The van der Waals surface area contributed by atoms with Crippen LogP contribution >= 0.6 is 11.6 Å². The molecule has 0 aromatic heterocycles. The molecule has 162 valence electrons. The number of hydrogen-bond acceptors (Lipinski definition) is 4. The molecular weight excluding hydrogens is 422 g/mol. The van der Waals surface area contributed by atoms with Gasteiger partial charge in [0.05, 0.1) is 10.6 Å². The van der Waals surface area contributed by atoms with Gasteiger partial charge in [-0.3, -0.25) is 9.10 Å². The molecule has 0 aliphatic carbocycles. The maximum Gasteiger partial charge on any atom is 0.264 e. The van der Waals surface area contributed by atoms with Crippen molar-refractivity contribution in [2.24, 2.45) is 0 Å². The van der Waals surface area contributed by atoms with Crippen LogP contribution in [0.15, 0.2) is 59.5 Å². The quantitative estimate of drug-likeness (QED) is 0.594. The molecule has 2 aromatic carbocycles. The van der Waals surface area contributed by atoms with Gasteiger partial charge in [-0.1, -0.05) is 42.3 Å². The van der Waals surface area contributed by atoms with Gasteiger partial charge in [-0.15, -0.1) is 0 Å². The lowest BCUT2D eigenvalue weighted by atomic mass is 10.1. The third-order valence-corrected chi connectivity index (χ3v) is 7.16. The molecular formula is C22H28ClN3O3S. The average Bonchev–Trinajstić information content (AvgIpc) is 2.76. The number of halogens is 1. The molecule has 6 nitrogen and oxygen atoms in total. The van der Waals surface area contributed by atoms with Gasteiger partial charge in [0, 0.05) is 11.6 Å². The summed E-state index contributed by atoms with van der Waals surface area (Å²) in [5, 5.41) is 3.26. The molecule has 0 saturated carbocycles. The Morgan fingerprint density at radius 2 is 1.77 bits per heavy atom. The Morgan fingerprint density at radius 1 is 1.03 bits per heavy atom. The fourth-order valence-corrected chi connectivity index (χ4v) is 5.18. The van der Waals surface area contributed by atoms with Crippen LogP contribution < -0.4 is 9.62 Å². The van der Waals surface area contributed by atoms with Crippen molar-refractivity contribution in [2.45, 2.75) is 30.6 Å². The molecule has 30 heavy (non-hydrogen) atoms. The number of carbonyl (C=O) groups excluding carboxylic acids is 1. The number of nitrogens with zero attached hydrogens (tertiary/aromatic N) is 2. The van der Waals surface area contributed by atoms with E-state index in [0.717, 1.165) is 30.4 Å². The lowest BCUT2D eigenvalue weighted by Crippen LogP contribution is -2.41. The molecule has 1 N–H and O–H groups in total. The zero-order valence-corrected chi connectivity index (χ0v) is 18.5. The normalized spacial score (nSPS) is 15.0. The molecule has 0 bridgehead atoms. The number of rotatable bonds is 9. The molecule has 1 aliphatic heterocycles. The maximum atomic E-state index is 13.2. The lowest BCUT2D eigenvalue weighted by Gasteiger charge is -2.26. The standard InChI is InChI=1S/C22H28ClN3O3S/c23-19-9-7-10-20(17-19)26(30(28,29)21-11-3-1-4-12-21)18-22(27)24-13-8-16-25-14-5-2-6-15-25/h1,3-4,7,9-12,17H,2,5-6,8,13-16,18H2,(H,24,27). The van der Waals surface area contributed by atoms with Crippen LogP contribution in [0.4, 0.5) is 5.69 Å². The third kappa shape index (κ3) is 6.20. The van der Waals surface area contributed by atoms with E-state index in [2.05, 4.69) is 10.2 Å². The van der Waals surface area contributed by atoms with Gasteiger partial charge in [-0.25, -0.2) is 8.42 Å². The number of sulfonamides is 1. The van der Waals surface area contributed by atoms with Crippen LogP contribution in [0.2, 0.25) is 5.02 Å². The Kier molecular flexibility index (Phi) is 8.13. The Morgan fingerprint density at radius 3 is 2.47 bits per heavy atom. The Balaban J connectivity index is 1.66. The highest BCUT2D eigenvalue weighted by molar-refractivity contribution is 7.92. The molecule has 1 aliphatic rings. The van der Waals surface area contributed by atoms with E-state index in [4.69, 9.17) is 11.6 Å². The van der Waals surface area contributed by atoms with Gasteiger partial charge in [0.25, 0.3) is 10.0 Å². The Hall–Kier alpha value is -2.09. The summed E-state index contributed by atoms with van der Waals surface area (Å²) < 4.78 is 27.5. The van der Waals surface area contributed by atoms with E-state index in [9.17, 15) is 13.2 Å². The van der Waals surface area contributed by atoms with Crippen molar-refractivity contribution in [3.05, 3.63) is 59.6 Å². The number of likely N-dealkylation sites (tertiary alicyclic amines) is 1. The number of anilines is 1. The molecule has 1 heterocycles. The van der Waals surface area contributed by atoms with Crippen molar-refractivity contribution in [3.63, 3.8) is 0 Å². The summed E-state index contributed by atoms with van der Waals surface area (Å²) in [6, 6.07) is 14.6. The molecule has 1 amide bonds. The van der Waals surface area contributed by atoms with Crippen LogP contribution in [0.1, 0.15) is 25.7 Å². The second-order valence-electron chi connectivity index (χ2n) is 7.41. The van der Waals surface area contributed by atoms with Crippen molar-refractivity contribution in [1.82, 2.24) is 10.2 Å². The van der Waals surface area contributed by atoms with Crippen molar-refractivity contribution in [3.8, 4) is 0 Å². The molecule has 8 heteroatoms. The van der Waals surface area contributed by atoms with Gasteiger partial charge in [-0.2, -0.15) is 0 Å². The zero-order chi connectivity index (χ0) is 21.4. The molecule has 2 aromatic rings. The van der Waals surface area contributed by atoms with Crippen LogP contribution in [0.25, 0.3) is 0 Å². The summed E-state index contributed by atoms with van der Waals surface area (Å²) >= 11 is 6.07. The first kappa shape index (κ1) is 22.6. The number of benzene rings is 2. The predicted octanol–water partition coefficient (Wildman–Crippen LogP) is 3.53. The maximum absolute atomic E-state index is 13.2. The van der Waals surface area contributed by atoms with Crippen molar-refractivity contribution in [2.75, 3.05) is 37.0 Å². The summed E-state index contributed by atoms with van der Waals surface area (Å²) in [5.74, 6) is -0.340. The van der Waals surface area contributed by atoms with Crippen molar-refractivity contribution in [1.29, 1.82) is 0 Å². The number of amides is 1. The monoisotopic (exact) mass is 449 g/mol.